The fourth-order valence-electron chi connectivity index (χ4n) is 2.30. The molecule has 3 amide bonds. The molecule has 1 saturated heterocycles. The molecule has 1 aliphatic heterocycles. The number of amides is 3. The van der Waals surface area contributed by atoms with Crippen LogP contribution < -0.4 is 9.64 Å². The van der Waals surface area contributed by atoms with E-state index >= 15 is 0 Å². The predicted octanol–water partition coefficient (Wildman–Crippen LogP) is 2.08. The molecule has 1 aliphatic rings. The molecule has 1 aromatic heterocycles. The number of rotatable bonds is 4. The van der Waals surface area contributed by atoms with Gasteiger partial charge in [0.15, 0.2) is 0 Å². The third kappa shape index (κ3) is 2.41. The molecule has 1 aromatic carbocycles. The number of anilines is 1. The van der Waals surface area contributed by atoms with E-state index in [1.807, 2.05) is 37.3 Å². The Balaban J connectivity index is 1.85. The lowest BCUT2D eigenvalue weighted by Crippen LogP contribution is -2.34. The van der Waals surface area contributed by atoms with Crippen LogP contribution in [0, 0.1) is 0 Å². The first-order chi connectivity index (χ1) is 10.6. The molecular weight excluding hydrogens is 304 g/mol. The van der Waals surface area contributed by atoms with E-state index in [0.717, 1.165) is 21.8 Å². The van der Waals surface area contributed by atoms with Crippen LogP contribution in [-0.4, -0.2) is 40.7 Å². The van der Waals surface area contributed by atoms with Gasteiger partial charge in [-0.25, -0.2) is 9.69 Å². The van der Waals surface area contributed by atoms with Crippen LogP contribution in [0.25, 0.3) is 0 Å². The summed E-state index contributed by atoms with van der Waals surface area (Å²) in [6.45, 7) is 1.92. The van der Waals surface area contributed by atoms with Crippen molar-refractivity contribution < 1.29 is 14.3 Å². The molecule has 114 valence electrons. The Labute approximate surface area is 131 Å². The quantitative estimate of drug-likeness (QED) is 0.807. The summed E-state index contributed by atoms with van der Waals surface area (Å²) in [5.41, 5.74) is 0.973. The van der Waals surface area contributed by atoms with Gasteiger partial charge < -0.3 is 9.64 Å². The number of benzene rings is 1. The van der Waals surface area contributed by atoms with Crippen LogP contribution >= 0.6 is 11.3 Å². The van der Waals surface area contributed by atoms with Crippen LogP contribution in [0.2, 0.25) is 0 Å². The second-order valence-electron chi connectivity index (χ2n) is 4.78. The van der Waals surface area contributed by atoms with Crippen molar-refractivity contribution in [1.82, 2.24) is 15.1 Å². The number of imide groups is 1. The standard InChI is InChI=1S/C14H14N4O3S/c1-9(10-6-4-3-5-7-10)17-8-11(19)18(14(17)20)12-15-16-13(21-2)22-12/h3-7,9H,8H2,1-2H3. The number of urea groups is 1. The minimum Gasteiger partial charge on any atom is -0.472 e. The van der Waals surface area contributed by atoms with E-state index < -0.39 is 0 Å². The van der Waals surface area contributed by atoms with Gasteiger partial charge >= 0.3 is 6.03 Å². The van der Waals surface area contributed by atoms with Crippen LogP contribution in [0.3, 0.4) is 0 Å². The average Bonchev–Trinajstić information content (AvgIpc) is 3.11. The molecule has 0 bridgehead atoms. The fourth-order valence-corrected chi connectivity index (χ4v) is 2.97. The highest BCUT2D eigenvalue weighted by Crippen LogP contribution is 2.32. The lowest BCUT2D eigenvalue weighted by molar-refractivity contribution is -0.116. The second-order valence-corrected chi connectivity index (χ2v) is 5.70. The molecule has 0 radical (unpaired) electrons. The molecule has 22 heavy (non-hydrogen) atoms. The molecule has 1 unspecified atom stereocenters. The van der Waals surface area contributed by atoms with E-state index in [1.165, 1.54) is 12.0 Å². The second kappa shape index (κ2) is 5.72. The lowest BCUT2D eigenvalue weighted by Gasteiger charge is -2.23. The van der Waals surface area contributed by atoms with Gasteiger partial charge in [-0.1, -0.05) is 35.4 Å². The van der Waals surface area contributed by atoms with Crippen LogP contribution in [-0.2, 0) is 4.79 Å². The summed E-state index contributed by atoms with van der Waals surface area (Å²) in [7, 11) is 1.46. The van der Waals surface area contributed by atoms with E-state index in [2.05, 4.69) is 10.2 Å². The van der Waals surface area contributed by atoms with E-state index in [9.17, 15) is 9.59 Å². The smallest absolute Gasteiger partial charge is 0.334 e. The Morgan fingerprint density at radius 2 is 1.95 bits per heavy atom. The first-order valence-electron chi connectivity index (χ1n) is 6.68. The van der Waals surface area contributed by atoms with E-state index in [0.29, 0.717) is 5.19 Å². The molecule has 1 atom stereocenters. The SMILES string of the molecule is COc1nnc(N2C(=O)CN(C(C)c3ccccc3)C2=O)s1. The topological polar surface area (TPSA) is 75.6 Å². The van der Waals surface area contributed by atoms with Crippen molar-refractivity contribution in [3.8, 4) is 5.19 Å². The van der Waals surface area contributed by atoms with Gasteiger partial charge in [0, 0.05) is 0 Å². The van der Waals surface area contributed by atoms with Gasteiger partial charge in [-0.05, 0) is 23.8 Å². The van der Waals surface area contributed by atoms with Crippen molar-refractivity contribution in [2.75, 3.05) is 18.6 Å². The molecular formula is C14H14N4O3S. The molecule has 0 N–H and O–H groups in total. The first-order valence-corrected chi connectivity index (χ1v) is 7.49. The van der Waals surface area contributed by atoms with Gasteiger partial charge in [0.1, 0.15) is 6.54 Å². The zero-order chi connectivity index (χ0) is 15.7. The first kappa shape index (κ1) is 14.5. The molecule has 2 aromatic rings. The normalized spacial score (nSPS) is 16.3. The summed E-state index contributed by atoms with van der Waals surface area (Å²) < 4.78 is 4.95. The zero-order valence-electron chi connectivity index (χ0n) is 12.1. The highest BCUT2D eigenvalue weighted by molar-refractivity contribution is 7.17. The van der Waals surface area contributed by atoms with E-state index in [4.69, 9.17) is 4.74 Å². The molecule has 1 fully saturated rings. The Bertz CT molecular complexity index is 703. The van der Waals surface area contributed by atoms with Crippen molar-refractivity contribution >= 4 is 28.4 Å². The largest absolute Gasteiger partial charge is 0.472 e. The number of hydrogen-bond acceptors (Lipinski definition) is 6. The third-order valence-corrected chi connectivity index (χ3v) is 4.37. The lowest BCUT2D eigenvalue weighted by atomic mass is 10.1. The van der Waals surface area contributed by atoms with Crippen molar-refractivity contribution in [3.63, 3.8) is 0 Å². The van der Waals surface area contributed by atoms with Gasteiger partial charge in [0.2, 0.25) is 5.13 Å². The summed E-state index contributed by atoms with van der Waals surface area (Å²) in [6.07, 6.45) is 0. The minimum absolute atomic E-state index is 0.0246. The van der Waals surface area contributed by atoms with Crippen molar-refractivity contribution in [1.29, 1.82) is 0 Å². The molecule has 3 rings (SSSR count). The van der Waals surface area contributed by atoms with Crippen molar-refractivity contribution in [2.45, 2.75) is 13.0 Å². The molecule has 2 heterocycles. The van der Waals surface area contributed by atoms with Gasteiger partial charge in [0.05, 0.1) is 13.2 Å². The molecule has 8 heteroatoms. The van der Waals surface area contributed by atoms with Crippen LogP contribution in [0.5, 0.6) is 5.19 Å². The number of carbonyl (C=O) groups is 2. The van der Waals surface area contributed by atoms with Crippen molar-refractivity contribution in [2.24, 2.45) is 0 Å². The molecule has 0 saturated carbocycles. The summed E-state index contributed by atoms with van der Waals surface area (Å²) in [5.74, 6) is -0.313. The van der Waals surface area contributed by atoms with Crippen LogP contribution in [0.4, 0.5) is 9.93 Å². The summed E-state index contributed by atoms with van der Waals surface area (Å²) >= 11 is 1.06. The maximum absolute atomic E-state index is 12.6. The Hall–Kier alpha value is -2.48. The van der Waals surface area contributed by atoms with Gasteiger partial charge in [-0.15, -0.1) is 5.10 Å². The number of hydrogen-bond donors (Lipinski definition) is 0. The van der Waals surface area contributed by atoms with E-state index in [1.54, 1.807) is 0 Å². The molecule has 7 nitrogen and oxygen atoms in total. The van der Waals surface area contributed by atoms with E-state index in [-0.39, 0.29) is 29.7 Å². The molecule has 0 spiro atoms. The van der Waals surface area contributed by atoms with Crippen molar-refractivity contribution in [3.05, 3.63) is 35.9 Å². The summed E-state index contributed by atoms with van der Waals surface area (Å²) in [4.78, 5) is 27.3. The summed E-state index contributed by atoms with van der Waals surface area (Å²) in [5, 5.41) is 8.14. The monoisotopic (exact) mass is 318 g/mol. The number of aromatic nitrogens is 2. The number of nitrogens with zero attached hydrogens (tertiary/aromatic N) is 4. The molecule has 0 aliphatic carbocycles. The third-order valence-electron chi connectivity index (χ3n) is 3.50. The highest BCUT2D eigenvalue weighted by atomic mass is 32.1. The Kier molecular flexibility index (Phi) is 3.76. The van der Waals surface area contributed by atoms with Gasteiger partial charge in [-0.3, -0.25) is 4.79 Å². The van der Waals surface area contributed by atoms with Gasteiger partial charge in [-0.2, -0.15) is 0 Å². The Morgan fingerprint density at radius 1 is 1.23 bits per heavy atom. The average molecular weight is 318 g/mol. The fraction of sp³-hybridized carbons (Fsp3) is 0.286. The number of methoxy groups -OCH3 is 1. The van der Waals surface area contributed by atoms with Gasteiger partial charge in [0.25, 0.3) is 11.1 Å². The Morgan fingerprint density at radius 3 is 2.59 bits per heavy atom. The number of ether oxygens (including phenoxy) is 1. The maximum atomic E-state index is 12.6. The van der Waals surface area contributed by atoms with Crippen LogP contribution in [0.1, 0.15) is 18.5 Å². The predicted molar refractivity (Wildman–Crippen MR) is 80.9 cm³/mol. The minimum atomic E-state index is -0.389. The highest BCUT2D eigenvalue weighted by Gasteiger charge is 2.41. The zero-order valence-corrected chi connectivity index (χ0v) is 12.9. The van der Waals surface area contributed by atoms with Crippen LogP contribution in [0.15, 0.2) is 30.3 Å². The number of carbonyl (C=O) groups excluding carboxylic acids is 2. The maximum Gasteiger partial charge on any atom is 0.334 e. The summed E-state index contributed by atoms with van der Waals surface area (Å²) in [6, 6.07) is 8.99.